The highest BCUT2D eigenvalue weighted by Crippen LogP contribution is 2.43. The normalized spacial score (nSPS) is 11.6. The van der Waals surface area contributed by atoms with E-state index in [4.69, 9.17) is 29.9 Å². The molecule has 0 unspecified atom stereocenters. The lowest BCUT2D eigenvalue weighted by Gasteiger charge is -2.13. The molecule has 0 atom stereocenters. The Morgan fingerprint density at radius 3 is 0.737 bits per heavy atom. The summed E-state index contributed by atoms with van der Waals surface area (Å²) in [4.78, 5) is 31.0. The topological polar surface area (TPSA) is 97.1 Å². The van der Waals surface area contributed by atoms with Crippen molar-refractivity contribution in [3.63, 3.8) is 0 Å². The summed E-state index contributed by atoms with van der Waals surface area (Å²) in [6.07, 6.45) is 0. The molecule has 0 amide bonds. The van der Waals surface area contributed by atoms with E-state index in [9.17, 15) is 0 Å². The summed E-state index contributed by atoms with van der Waals surface area (Å²) in [5, 5.41) is 9.77. The lowest BCUT2D eigenvalue weighted by Crippen LogP contribution is -2.02. The summed E-state index contributed by atoms with van der Waals surface area (Å²) in [7, 11) is 0. The quantitative estimate of drug-likeness (QED) is 0.114. The van der Waals surface area contributed by atoms with E-state index in [0.29, 0.717) is 34.9 Å². The predicted molar refractivity (Wildman–Crippen MR) is 486 cm³/mol. The van der Waals surface area contributed by atoms with Crippen LogP contribution in [0.3, 0.4) is 0 Å². The second-order valence-electron chi connectivity index (χ2n) is 29.7. The van der Waals surface area contributed by atoms with E-state index in [1.807, 2.05) is 72.8 Å². The van der Waals surface area contributed by atoms with Gasteiger partial charge in [-0.1, -0.05) is 309 Å². The maximum Gasteiger partial charge on any atom is 0.164 e. The van der Waals surface area contributed by atoms with Crippen LogP contribution in [0.2, 0.25) is 0 Å². The third-order valence-electron chi connectivity index (χ3n) is 22.7. The molecule has 17 aromatic carbocycles. The summed E-state index contributed by atoms with van der Waals surface area (Å²) in [6, 6.07) is 150. The number of hydrogen-bond donors (Lipinski definition) is 0. The zero-order chi connectivity index (χ0) is 78.0. The SMILES string of the molecule is c1ccc(-c2cc(-c3ccccc3)cc(-c3nc(-c4ccccc4)nc(-c4cccc(-n5c6ccccc6c6cc(-n7c8ccccc8c8ccccc87)ccc65)c4)n3)c2)cc1.c1ccc(-c2nc(-c3cccc(-n4c5ccccc5c5cc(-n6c7ccccc7c7ccccc76)ccc54)c3)nc(-c3ccccc3-c3ccccc3)n2)cc1. The molecule has 0 saturated carbocycles. The number of rotatable bonds is 13. The molecule has 10 nitrogen and oxygen atoms in total. The van der Waals surface area contributed by atoms with Gasteiger partial charge in [-0.2, -0.15) is 0 Å². The van der Waals surface area contributed by atoms with Crippen LogP contribution >= 0.6 is 0 Å². The fourth-order valence-corrected chi connectivity index (χ4v) is 17.3. The summed E-state index contributed by atoms with van der Waals surface area (Å²) in [6.45, 7) is 0. The number of fused-ring (bicyclic) bond motifs is 12. The molecule has 0 fully saturated rings. The van der Waals surface area contributed by atoms with Crippen LogP contribution in [0.4, 0.5) is 0 Å². The Kier molecular flexibility index (Phi) is 17.0. The van der Waals surface area contributed by atoms with Crippen molar-refractivity contribution in [1.29, 1.82) is 0 Å². The molecule has 0 saturated heterocycles. The van der Waals surface area contributed by atoms with Gasteiger partial charge >= 0.3 is 0 Å². The highest BCUT2D eigenvalue weighted by atomic mass is 15.1. The number of benzene rings is 17. The van der Waals surface area contributed by atoms with Gasteiger partial charge in [0, 0.05) is 99.2 Å². The van der Waals surface area contributed by atoms with E-state index in [1.54, 1.807) is 0 Å². The molecule has 0 aliphatic rings. The maximum atomic E-state index is 5.27. The molecule has 23 rings (SSSR count). The van der Waals surface area contributed by atoms with Gasteiger partial charge in [0.15, 0.2) is 34.9 Å². The molecule has 0 spiro atoms. The predicted octanol–water partition coefficient (Wildman–Crippen LogP) is 27.1. The van der Waals surface area contributed by atoms with Gasteiger partial charge in [-0.05, 0) is 149 Å². The van der Waals surface area contributed by atoms with E-state index in [2.05, 4.69) is 370 Å². The van der Waals surface area contributed by atoms with Crippen LogP contribution in [0.5, 0.6) is 0 Å². The van der Waals surface area contributed by atoms with Gasteiger partial charge < -0.3 is 18.3 Å². The fraction of sp³-hybridized carbons (Fsp3) is 0. The van der Waals surface area contributed by atoms with E-state index in [-0.39, 0.29) is 0 Å². The minimum absolute atomic E-state index is 0.608. The minimum Gasteiger partial charge on any atom is -0.309 e. The summed E-state index contributed by atoms with van der Waals surface area (Å²) < 4.78 is 9.49. The van der Waals surface area contributed by atoms with Crippen molar-refractivity contribution in [1.82, 2.24) is 48.2 Å². The molecule has 10 heteroatoms. The molecule has 23 aromatic rings. The average Bonchev–Trinajstić information content (AvgIpc) is 1.57. The first kappa shape index (κ1) is 68.7. The van der Waals surface area contributed by atoms with Crippen molar-refractivity contribution >= 4 is 87.2 Å². The highest BCUT2D eigenvalue weighted by molar-refractivity contribution is 6.14. The largest absolute Gasteiger partial charge is 0.309 e. The van der Waals surface area contributed by atoms with Gasteiger partial charge in [-0.25, -0.2) is 29.9 Å². The molecule has 0 aliphatic heterocycles. The van der Waals surface area contributed by atoms with Gasteiger partial charge in [0.1, 0.15) is 0 Å². The lowest BCUT2D eigenvalue weighted by molar-refractivity contribution is 1.07. The zero-order valence-corrected chi connectivity index (χ0v) is 63.9. The first-order chi connectivity index (χ1) is 58.5. The van der Waals surface area contributed by atoms with E-state index >= 15 is 0 Å². The summed E-state index contributed by atoms with van der Waals surface area (Å²) in [5.74, 6) is 3.73. The van der Waals surface area contributed by atoms with Gasteiger partial charge in [0.05, 0.1) is 44.1 Å². The first-order valence-electron chi connectivity index (χ1n) is 39.8. The fourth-order valence-electron chi connectivity index (χ4n) is 17.3. The number of hydrogen-bond acceptors (Lipinski definition) is 6. The average molecular weight is 1510 g/mol. The van der Waals surface area contributed by atoms with Gasteiger partial charge in [-0.15, -0.1) is 0 Å². The van der Waals surface area contributed by atoms with Crippen LogP contribution in [0.25, 0.3) is 212 Å². The molecule has 118 heavy (non-hydrogen) atoms. The van der Waals surface area contributed by atoms with Crippen molar-refractivity contribution in [2.45, 2.75) is 0 Å². The molecule has 0 bridgehead atoms. The Bertz CT molecular complexity index is 7630. The Morgan fingerprint density at radius 2 is 0.373 bits per heavy atom. The summed E-state index contributed by atoms with van der Waals surface area (Å²) >= 11 is 0. The van der Waals surface area contributed by atoms with Crippen molar-refractivity contribution in [3.05, 3.63) is 425 Å². The number of para-hydroxylation sites is 6. The zero-order valence-electron chi connectivity index (χ0n) is 63.9. The molecule has 0 radical (unpaired) electrons. The third-order valence-corrected chi connectivity index (χ3v) is 22.7. The van der Waals surface area contributed by atoms with E-state index in [0.717, 1.165) is 112 Å². The van der Waals surface area contributed by atoms with Crippen LogP contribution in [0.1, 0.15) is 0 Å². The van der Waals surface area contributed by atoms with Crippen LogP contribution in [-0.2, 0) is 0 Å². The van der Waals surface area contributed by atoms with E-state index < -0.39 is 0 Å². The number of nitrogens with zero attached hydrogens (tertiary/aromatic N) is 10. The van der Waals surface area contributed by atoms with Crippen molar-refractivity contribution in [3.8, 4) is 124 Å². The van der Waals surface area contributed by atoms with Crippen molar-refractivity contribution in [2.24, 2.45) is 0 Å². The van der Waals surface area contributed by atoms with Crippen LogP contribution in [0.15, 0.2) is 425 Å². The Balaban J connectivity index is 0.000000143. The van der Waals surface area contributed by atoms with Crippen molar-refractivity contribution in [2.75, 3.05) is 0 Å². The van der Waals surface area contributed by atoms with Crippen LogP contribution in [-0.4, -0.2) is 48.2 Å². The Hall–Kier alpha value is -16.0. The second-order valence-corrected chi connectivity index (χ2v) is 29.7. The molecule has 6 aromatic heterocycles. The van der Waals surface area contributed by atoms with Gasteiger partial charge in [0.2, 0.25) is 0 Å². The van der Waals surface area contributed by atoms with E-state index in [1.165, 1.54) is 65.2 Å². The standard InChI is InChI=1S/C57H37N5.C51H33N5/c1-4-17-38(18-5-1)42-33-43(39-19-6-2-7-20-39)35-44(34-42)57-59-55(40-21-8-3-9-22-40)58-56(60-57)41-23-16-24-45(36-41)61-53-30-15-12-27-49(53)50-37-46(31-32-54(50)61)62-51-28-13-10-25-47(51)48-26-11-14-29-52(48)62;1-3-16-34(17-4-1)39-22-7-8-26-43(39)51-53-49(35-18-5-2-6-19-35)52-50(54-51)36-20-15-21-37(32-36)55-47-29-14-11-25-42(47)44-33-38(30-31-48(44)55)56-45-27-12-9-23-40(45)41-24-10-13-28-46(41)56/h1-37H;1-33H. The maximum absolute atomic E-state index is 5.27. The highest BCUT2D eigenvalue weighted by Gasteiger charge is 2.23. The molecular weight excluding hydrogens is 1440 g/mol. The molecule has 552 valence electrons. The van der Waals surface area contributed by atoms with Gasteiger partial charge in [-0.3, -0.25) is 0 Å². The number of aromatic nitrogens is 10. The minimum atomic E-state index is 0.608. The molecular formula is C108H70N10. The summed E-state index contributed by atoms with van der Waals surface area (Å²) in [5.41, 5.74) is 25.8. The molecule has 0 N–H and O–H groups in total. The lowest BCUT2D eigenvalue weighted by atomic mass is 9.96. The van der Waals surface area contributed by atoms with Gasteiger partial charge in [0.25, 0.3) is 0 Å². The molecule has 0 aliphatic carbocycles. The first-order valence-corrected chi connectivity index (χ1v) is 39.8. The third kappa shape index (κ3) is 12.2. The van der Waals surface area contributed by atoms with Crippen LogP contribution < -0.4 is 0 Å². The monoisotopic (exact) mass is 1510 g/mol. The second kappa shape index (κ2) is 29.2. The van der Waals surface area contributed by atoms with Crippen LogP contribution in [0, 0.1) is 0 Å². The smallest absolute Gasteiger partial charge is 0.164 e. The Morgan fingerprint density at radius 1 is 0.127 bits per heavy atom. The Labute approximate surface area is 680 Å². The van der Waals surface area contributed by atoms with Crippen molar-refractivity contribution < 1.29 is 0 Å². The molecule has 6 heterocycles.